The van der Waals surface area contributed by atoms with Crippen molar-refractivity contribution in [2.24, 2.45) is 5.41 Å². The summed E-state index contributed by atoms with van der Waals surface area (Å²) >= 11 is 6.34. The molecule has 5 rings (SSSR count). The highest BCUT2D eigenvalue weighted by molar-refractivity contribution is 6.31. The van der Waals surface area contributed by atoms with Crippen LogP contribution in [0.15, 0.2) is 71.9 Å². The summed E-state index contributed by atoms with van der Waals surface area (Å²) in [5.74, 6) is 1.19. The number of carbonyl (C=O) groups excluding carboxylic acids is 2. The highest BCUT2D eigenvalue weighted by Crippen LogP contribution is 2.50. The minimum absolute atomic E-state index is 0.0159. The van der Waals surface area contributed by atoms with Gasteiger partial charge in [-0.15, -0.1) is 0 Å². The monoisotopic (exact) mass is 589 g/mol. The SMILES string of the molecule is COc1cc(C2C3=C(CC(C)(C)CC3=O)Nc3ccccc3N2CC(=O)NCc2ccccc2Cl)cc(OC)c1OC. The van der Waals surface area contributed by atoms with Crippen molar-refractivity contribution in [3.8, 4) is 17.2 Å². The minimum atomic E-state index is -0.612. The molecule has 8 nitrogen and oxygen atoms in total. The van der Waals surface area contributed by atoms with E-state index in [9.17, 15) is 9.59 Å². The highest BCUT2D eigenvalue weighted by atomic mass is 35.5. The lowest BCUT2D eigenvalue weighted by Gasteiger charge is -2.38. The van der Waals surface area contributed by atoms with E-state index in [-0.39, 0.29) is 30.2 Å². The maximum Gasteiger partial charge on any atom is 0.239 e. The summed E-state index contributed by atoms with van der Waals surface area (Å²) in [6.45, 7) is 4.46. The third-order valence-electron chi connectivity index (χ3n) is 7.75. The quantitative estimate of drug-likeness (QED) is 0.319. The second kappa shape index (κ2) is 12.0. The first-order chi connectivity index (χ1) is 20.2. The van der Waals surface area contributed by atoms with Crippen LogP contribution in [-0.4, -0.2) is 39.6 Å². The molecule has 42 heavy (non-hydrogen) atoms. The van der Waals surface area contributed by atoms with Crippen LogP contribution in [0.25, 0.3) is 0 Å². The van der Waals surface area contributed by atoms with Gasteiger partial charge in [0.2, 0.25) is 11.7 Å². The number of benzene rings is 3. The number of anilines is 2. The third kappa shape index (κ3) is 5.77. The van der Waals surface area contributed by atoms with Gasteiger partial charge in [0.15, 0.2) is 17.3 Å². The molecule has 1 heterocycles. The van der Waals surface area contributed by atoms with Gasteiger partial charge in [0.05, 0.1) is 45.3 Å². The Morgan fingerprint density at radius 2 is 1.67 bits per heavy atom. The summed E-state index contributed by atoms with van der Waals surface area (Å²) in [6, 6.07) is 18.3. The zero-order valence-corrected chi connectivity index (χ0v) is 25.3. The van der Waals surface area contributed by atoms with Crippen molar-refractivity contribution in [1.29, 1.82) is 0 Å². The Balaban J connectivity index is 1.65. The number of para-hydroxylation sites is 2. The van der Waals surface area contributed by atoms with Gasteiger partial charge in [-0.05, 0) is 53.3 Å². The number of ether oxygens (including phenoxy) is 3. The Morgan fingerprint density at radius 3 is 2.33 bits per heavy atom. The second-order valence-corrected chi connectivity index (χ2v) is 11.7. The summed E-state index contributed by atoms with van der Waals surface area (Å²) < 4.78 is 17.0. The molecule has 0 saturated carbocycles. The molecule has 3 aromatic carbocycles. The molecule has 220 valence electrons. The Hall–Kier alpha value is -4.17. The van der Waals surface area contributed by atoms with Crippen LogP contribution >= 0.6 is 11.6 Å². The lowest BCUT2D eigenvalue weighted by molar-refractivity contribution is -0.120. The first-order valence-electron chi connectivity index (χ1n) is 13.8. The van der Waals surface area contributed by atoms with Gasteiger partial charge in [-0.3, -0.25) is 9.59 Å². The van der Waals surface area contributed by atoms with Crippen LogP contribution in [0.3, 0.4) is 0 Å². The van der Waals surface area contributed by atoms with E-state index in [2.05, 4.69) is 24.5 Å². The molecule has 0 radical (unpaired) electrons. The Labute approximate surface area is 251 Å². The van der Waals surface area contributed by atoms with Crippen LogP contribution in [0.4, 0.5) is 11.4 Å². The number of rotatable bonds is 8. The summed E-state index contributed by atoms with van der Waals surface area (Å²) in [5, 5.41) is 7.18. The van der Waals surface area contributed by atoms with Crippen molar-refractivity contribution in [2.45, 2.75) is 39.3 Å². The summed E-state index contributed by atoms with van der Waals surface area (Å²) in [4.78, 5) is 29.6. The number of halogens is 1. The molecule has 0 aromatic heterocycles. The van der Waals surface area contributed by atoms with Crippen LogP contribution in [-0.2, 0) is 16.1 Å². The number of Topliss-reactive ketones (excluding diaryl/α,β-unsaturated/α-hetero) is 1. The number of allylic oxidation sites excluding steroid dienone is 1. The van der Waals surface area contributed by atoms with E-state index < -0.39 is 6.04 Å². The number of nitrogens with one attached hydrogen (secondary N) is 2. The van der Waals surface area contributed by atoms with Gasteiger partial charge >= 0.3 is 0 Å². The average Bonchev–Trinajstić information content (AvgIpc) is 3.09. The number of hydrogen-bond acceptors (Lipinski definition) is 7. The topological polar surface area (TPSA) is 89.1 Å². The first kappa shape index (κ1) is 29.3. The van der Waals surface area contributed by atoms with E-state index in [4.69, 9.17) is 25.8 Å². The zero-order valence-electron chi connectivity index (χ0n) is 24.5. The summed E-state index contributed by atoms with van der Waals surface area (Å²) in [7, 11) is 4.67. The average molecular weight is 590 g/mol. The summed E-state index contributed by atoms with van der Waals surface area (Å²) in [6.07, 6.45) is 1.06. The predicted octanol–water partition coefficient (Wildman–Crippen LogP) is 6.30. The molecular weight excluding hydrogens is 554 g/mol. The van der Waals surface area contributed by atoms with E-state index in [1.807, 2.05) is 59.5 Å². The van der Waals surface area contributed by atoms with Gasteiger partial charge in [-0.25, -0.2) is 0 Å². The van der Waals surface area contributed by atoms with Gasteiger partial charge in [0, 0.05) is 29.3 Å². The lowest BCUT2D eigenvalue weighted by atomic mass is 9.73. The molecule has 1 aliphatic heterocycles. The van der Waals surface area contributed by atoms with Crippen molar-refractivity contribution < 1.29 is 23.8 Å². The van der Waals surface area contributed by atoms with Crippen LogP contribution in [0, 0.1) is 5.41 Å². The van der Waals surface area contributed by atoms with Gasteiger partial charge in [0.1, 0.15) is 0 Å². The van der Waals surface area contributed by atoms with Crippen molar-refractivity contribution in [1.82, 2.24) is 5.32 Å². The minimum Gasteiger partial charge on any atom is -0.493 e. The number of methoxy groups -OCH3 is 3. The number of fused-ring (bicyclic) bond motifs is 1. The molecule has 1 aliphatic carbocycles. The van der Waals surface area contributed by atoms with Crippen LogP contribution in [0.2, 0.25) is 5.02 Å². The van der Waals surface area contributed by atoms with Gasteiger partial charge in [0.25, 0.3) is 0 Å². The Bertz CT molecular complexity index is 1530. The van der Waals surface area contributed by atoms with Gasteiger partial charge in [-0.1, -0.05) is 55.8 Å². The molecule has 1 unspecified atom stereocenters. The molecule has 1 amide bonds. The summed E-state index contributed by atoms with van der Waals surface area (Å²) in [5.41, 5.74) is 4.43. The maximum absolute atomic E-state index is 14.0. The van der Waals surface area contributed by atoms with Crippen molar-refractivity contribution >= 4 is 34.7 Å². The zero-order chi connectivity index (χ0) is 30.0. The predicted molar refractivity (Wildman–Crippen MR) is 165 cm³/mol. The van der Waals surface area contributed by atoms with Crippen molar-refractivity contribution in [3.05, 3.63) is 88.1 Å². The first-order valence-corrected chi connectivity index (χ1v) is 14.2. The Kier molecular flexibility index (Phi) is 8.36. The van der Waals surface area contributed by atoms with Crippen LogP contribution < -0.4 is 29.7 Å². The molecular formula is C33H36ClN3O5. The van der Waals surface area contributed by atoms with Crippen LogP contribution in [0.5, 0.6) is 17.2 Å². The molecule has 9 heteroatoms. The van der Waals surface area contributed by atoms with E-state index >= 15 is 0 Å². The molecule has 2 aliphatic rings. The number of ketones is 1. The van der Waals surface area contributed by atoms with Crippen molar-refractivity contribution in [3.63, 3.8) is 0 Å². The van der Waals surface area contributed by atoms with Crippen LogP contribution in [0.1, 0.15) is 43.9 Å². The van der Waals surface area contributed by atoms with Crippen molar-refractivity contribution in [2.75, 3.05) is 38.1 Å². The number of hydrogen-bond donors (Lipinski definition) is 2. The second-order valence-electron chi connectivity index (χ2n) is 11.3. The normalized spacial score (nSPS) is 17.4. The molecule has 1 atom stereocenters. The van der Waals surface area contributed by atoms with Gasteiger partial charge < -0.3 is 29.7 Å². The third-order valence-corrected chi connectivity index (χ3v) is 8.12. The Morgan fingerprint density at radius 1 is 1.00 bits per heavy atom. The number of amides is 1. The van der Waals surface area contributed by atoms with E-state index in [1.54, 1.807) is 27.4 Å². The fourth-order valence-corrected chi connectivity index (χ4v) is 6.08. The number of nitrogens with zero attached hydrogens (tertiary/aromatic N) is 1. The van der Waals surface area contributed by atoms with Gasteiger partial charge in [-0.2, -0.15) is 0 Å². The van der Waals surface area contributed by atoms with E-state index in [0.29, 0.717) is 40.7 Å². The molecule has 0 fully saturated rings. The standard InChI is InChI=1S/C33H36ClN3O5/c1-33(2)16-24-30(26(38)17-33)31(21-14-27(40-3)32(42-5)28(15-21)41-4)37(25-13-9-8-12-23(25)36-24)19-29(39)35-18-20-10-6-7-11-22(20)34/h6-15,31,36H,16-19H2,1-5H3,(H,35,39). The molecule has 3 aromatic rings. The fourth-order valence-electron chi connectivity index (χ4n) is 5.88. The molecule has 2 N–H and O–H groups in total. The fraction of sp³-hybridized carbons (Fsp3) is 0.333. The largest absolute Gasteiger partial charge is 0.493 e. The molecule has 0 spiro atoms. The maximum atomic E-state index is 14.0. The van der Waals surface area contributed by atoms with E-state index in [1.165, 1.54) is 0 Å². The molecule has 0 bridgehead atoms. The lowest BCUT2D eigenvalue weighted by Crippen LogP contribution is -2.42. The highest BCUT2D eigenvalue weighted by Gasteiger charge is 2.42. The number of carbonyl (C=O) groups is 2. The smallest absolute Gasteiger partial charge is 0.239 e. The molecule has 0 saturated heterocycles. The van der Waals surface area contributed by atoms with E-state index in [0.717, 1.165) is 28.2 Å².